The maximum Gasteiger partial charge on any atom is 0.344 e. The van der Waals surface area contributed by atoms with E-state index in [1.807, 2.05) is 13.8 Å². The average molecular weight is 519 g/mol. The van der Waals surface area contributed by atoms with E-state index < -0.39 is 17.2 Å². The summed E-state index contributed by atoms with van der Waals surface area (Å²) in [6, 6.07) is 17.1. The van der Waals surface area contributed by atoms with Gasteiger partial charge in [0.1, 0.15) is 22.7 Å². The Bertz CT molecular complexity index is 1610. The van der Waals surface area contributed by atoms with Crippen molar-refractivity contribution in [3.05, 3.63) is 114 Å². The van der Waals surface area contributed by atoms with Crippen molar-refractivity contribution >= 4 is 37.9 Å². The van der Waals surface area contributed by atoms with E-state index in [1.54, 1.807) is 60.7 Å². The van der Waals surface area contributed by atoms with E-state index in [1.165, 1.54) is 0 Å². The first-order valence-electron chi connectivity index (χ1n) is 10.5. The van der Waals surface area contributed by atoms with Gasteiger partial charge in [0.05, 0.1) is 27.8 Å². The Morgan fingerprint density at radius 2 is 1.24 bits per heavy atom. The molecular weight excluding hydrogens is 500 g/mol. The van der Waals surface area contributed by atoms with Gasteiger partial charge < -0.3 is 19.0 Å². The van der Waals surface area contributed by atoms with Gasteiger partial charge in [0.2, 0.25) is 0 Å². The van der Waals surface area contributed by atoms with Crippen LogP contribution in [-0.4, -0.2) is 10.2 Å². The highest BCUT2D eigenvalue weighted by molar-refractivity contribution is 9.10. The number of halogens is 1. The van der Waals surface area contributed by atoms with E-state index in [9.17, 15) is 19.8 Å². The third-order valence-corrected chi connectivity index (χ3v) is 6.39. The quantitative estimate of drug-likeness (QED) is 0.289. The van der Waals surface area contributed by atoms with Crippen molar-refractivity contribution in [3.63, 3.8) is 0 Å². The van der Waals surface area contributed by atoms with Gasteiger partial charge in [-0.2, -0.15) is 0 Å². The molecule has 0 unspecified atom stereocenters. The van der Waals surface area contributed by atoms with E-state index in [2.05, 4.69) is 15.9 Å². The number of aromatic hydroxyl groups is 2. The van der Waals surface area contributed by atoms with Gasteiger partial charge in [-0.15, -0.1) is 0 Å². The summed E-state index contributed by atoms with van der Waals surface area (Å²) in [5.41, 5.74) is 0.689. The molecule has 0 aliphatic heterocycles. The molecule has 5 rings (SSSR count). The summed E-state index contributed by atoms with van der Waals surface area (Å²) < 4.78 is 11.8. The van der Waals surface area contributed by atoms with Gasteiger partial charge in [-0.05, 0) is 66.9 Å². The van der Waals surface area contributed by atoms with Gasteiger partial charge in [0.15, 0.2) is 0 Å². The fraction of sp³-hybridized carbons (Fsp3) is 0.111. The van der Waals surface area contributed by atoms with Gasteiger partial charge in [-0.1, -0.05) is 40.2 Å². The van der Waals surface area contributed by atoms with Crippen molar-refractivity contribution in [2.24, 2.45) is 0 Å². The number of hydrogen-bond donors (Lipinski definition) is 2. The smallest absolute Gasteiger partial charge is 0.344 e. The van der Waals surface area contributed by atoms with Crippen molar-refractivity contribution in [1.82, 2.24) is 0 Å². The first-order chi connectivity index (χ1) is 16.2. The summed E-state index contributed by atoms with van der Waals surface area (Å²) >= 11 is 3.42. The van der Waals surface area contributed by atoms with Crippen LogP contribution in [0.15, 0.2) is 83.6 Å². The molecule has 0 bridgehead atoms. The summed E-state index contributed by atoms with van der Waals surface area (Å²) in [7, 11) is 0. The van der Waals surface area contributed by atoms with Crippen LogP contribution in [0.3, 0.4) is 0 Å². The minimum atomic E-state index is -1.15. The molecule has 6 nitrogen and oxygen atoms in total. The van der Waals surface area contributed by atoms with E-state index in [4.69, 9.17) is 8.83 Å². The van der Waals surface area contributed by atoms with E-state index in [-0.39, 0.29) is 33.8 Å². The van der Waals surface area contributed by atoms with Gasteiger partial charge in [-0.25, -0.2) is 9.59 Å². The maximum atomic E-state index is 13.2. The zero-order valence-electron chi connectivity index (χ0n) is 18.3. The Balaban J connectivity index is 1.91. The average Bonchev–Trinajstić information content (AvgIpc) is 2.77. The fourth-order valence-corrected chi connectivity index (χ4v) is 4.70. The maximum absolute atomic E-state index is 13.2. The molecular formula is C27H19BrO6. The second kappa shape index (κ2) is 8.18. The molecule has 3 aromatic carbocycles. The Morgan fingerprint density at radius 1 is 0.735 bits per heavy atom. The Labute approximate surface area is 201 Å². The molecule has 7 heteroatoms. The minimum Gasteiger partial charge on any atom is -0.507 e. The molecule has 2 heterocycles. The number of hydrogen-bond acceptors (Lipinski definition) is 6. The molecule has 0 radical (unpaired) electrons. The van der Waals surface area contributed by atoms with E-state index in [0.717, 1.165) is 11.1 Å². The molecule has 0 amide bonds. The summed E-state index contributed by atoms with van der Waals surface area (Å²) in [5, 5.41) is 23.1. The normalized spacial score (nSPS) is 11.5. The van der Waals surface area contributed by atoms with Crippen molar-refractivity contribution in [1.29, 1.82) is 0 Å². The van der Waals surface area contributed by atoms with Crippen LogP contribution in [-0.2, 0) is 0 Å². The Morgan fingerprint density at radius 3 is 1.71 bits per heavy atom. The molecule has 0 fully saturated rings. The highest BCUT2D eigenvalue weighted by Gasteiger charge is 2.32. The molecule has 5 aromatic rings. The standard InChI is InChI=1S/C27H19BrO6/c1-13-6-8-17-19(10-13)33-26(31)22(24(17)29)21(15-4-3-5-16(28)12-15)23-25(30)18-9-7-14(2)11-20(18)34-27(23)32/h3-12,21,29-30H,1-2H3. The van der Waals surface area contributed by atoms with Crippen LogP contribution in [0.1, 0.15) is 33.7 Å². The molecule has 2 N–H and O–H groups in total. The predicted octanol–water partition coefficient (Wildman–Crippen LogP) is 5.87. The molecule has 0 saturated carbocycles. The van der Waals surface area contributed by atoms with E-state index >= 15 is 0 Å². The number of aryl methyl sites for hydroxylation is 2. The number of benzene rings is 3. The van der Waals surface area contributed by atoms with Gasteiger partial charge in [0, 0.05) is 4.47 Å². The summed E-state index contributed by atoms with van der Waals surface area (Å²) in [6.07, 6.45) is 0. The minimum absolute atomic E-state index is 0.163. The summed E-state index contributed by atoms with van der Waals surface area (Å²) in [4.78, 5) is 26.4. The van der Waals surface area contributed by atoms with Crippen LogP contribution in [0.25, 0.3) is 21.9 Å². The number of fused-ring (bicyclic) bond motifs is 2. The zero-order chi connectivity index (χ0) is 24.1. The third-order valence-electron chi connectivity index (χ3n) is 5.90. The Kier molecular flexibility index (Phi) is 5.29. The lowest BCUT2D eigenvalue weighted by atomic mass is 9.84. The lowest BCUT2D eigenvalue weighted by Gasteiger charge is -2.20. The fourth-order valence-electron chi connectivity index (χ4n) is 4.29. The van der Waals surface area contributed by atoms with E-state index in [0.29, 0.717) is 20.8 Å². The predicted molar refractivity (Wildman–Crippen MR) is 133 cm³/mol. The SMILES string of the molecule is Cc1ccc2c(O)c(C(c3cccc(Br)c3)c3c(O)c4ccc(C)cc4oc3=O)c(=O)oc2c1. The molecule has 170 valence electrons. The third kappa shape index (κ3) is 3.58. The van der Waals surface area contributed by atoms with Crippen LogP contribution in [0.4, 0.5) is 0 Å². The van der Waals surface area contributed by atoms with Crippen LogP contribution in [0.5, 0.6) is 11.5 Å². The lowest BCUT2D eigenvalue weighted by molar-refractivity contribution is 0.441. The zero-order valence-corrected chi connectivity index (χ0v) is 19.8. The second-order valence-electron chi connectivity index (χ2n) is 8.29. The first kappa shape index (κ1) is 22.0. The van der Waals surface area contributed by atoms with Crippen molar-refractivity contribution in [2.45, 2.75) is 19.8 Å². The summed E-state index contributed by atoms with van der Waals surface area (Å²) in [5.74, 6) is -1.79. The van der Waals surface area contributed by atoms with Crippen LogP contribution in [0, 0.1) is 13.8 Å². The highest BCUT2D eigenvalue weighted by Crippen LogP contribution is 2.42. The topological polar surface area (TPSA) is 101 Å². The molecule has 34 heavy (non-hydrogen) atoms. The molecule has 2 aromatic heterocycles. The molecule has 0 aliphatic carbocycles. The largest absolute Gasteiger partial charge is 0.507 e. The first-order valence-corrected chi connectivity index (χ1v) is 11.3. The monoisotopic (exact) mass is 518 g/mol. The molecule has 0 saturated heterocycles. The Hall–Kier alpha value is -3.84. The summed E-state index contributed by atoms with van der Waals surface area (Å²) in [6.45, 7) is 3.68. The highest BCUT2D eigenvalue weighted by atomic mass is 79.9. The van der Waals surface area contributed by atoms with Crippen molar-refractivity contribution < 1.29 is 19.0 Å². The molecule has 0 atom stereocenters. The second-order valence-corrected chi connectivity index (χ2v) is 9.21. The van der Waals surface area contributed by atoms with Gasteiger partial charge >= 0.3 is 11.3 Å². The van der Waals surface area contributed by atoms with Crippen LogP contribution >= 0.6 is 15.9 Å². The van der Waals surface area contributed by atoms with Gasteiger partial charge in [-0.3, -0.25) is 0 Å². The van der Waals surface area contributed by atoms with Crippen LogP contribution < -0.4 is 11.3 Å². The van der Waals surface area contributed by atoms with Crippen molar-refractivity contribution in [2.75, 3.05) is 0 Å². The van der Waals surface area contributed by atoms with Crippen molar-refractivity contribution in [3.8, 4) is 11.5 Å². The number of rotatable bonds is 3. The van der Waals surface area contributed by atoms with Gasteiger partial charge in [0.25, 0.3) is 0 Å². The lowest BCUT2D eigenvalue weighted by Crippen LogP contribution is -2.21. The molecule has 0 aliphatic rings. The molecule has 0 spiro atoms. The van der Waals surface area contributed by atoms with Crippen LogP contribution in [0.2, 0.25) is 0 Å².